The van der Waals surface area contributed by atoms with Crippen LogP contribution < -0.4 is 0 Å². The van der Waals surface area contributed by atoms with Crippen molar-refractivity contribution in [2.45, 2.75) is 207 Å². The SMILES string of the molecule is CC\C=C/C=C\C=C/C=C\C=C\C=C/CCCCCC(=O)OC(COC(=O)CCCCC/C=C\C/C=C\C/C=C\C/C=C\C/C=C\CC)COC(=O)CCCCCCCC/C=C\C=C/CCCCC. The molecule has 0 aliphatic carbocycles. The number of rotatable bonds is 46. The van der Waals surface area contributed by atoms with Gasteiger partial charge in [0.25, 0.3) is 0 Å². The lowest BCUT2D eigenvalue weighted by molar-refractivity contribution is -0.167. The predicted octanol–water partition coefficient (Wildman–Crippen LogP) is 18.2. The highest BCUT2D eigenvalue weighted by atomic mass is 16.6. The van der Waals surface area contributed by atoms with Crippen LogP contribution in [-0.2, 0) is 28.6 Å². The van der Waals surface area contributed by atoms with Crippen molar-refractivity contribution in [2.75, 3.05) is 13.2 Å². The van der Waals surface area contributed by atoms with Crippen LogP contribution in [0.4, 0.5) is 0 Å². The second kappa shape index (κ2) is 55.6. The molecule has 0 aromatic carbocycles. The minimum atomic E-state index is -0.829. The number of carbonyl (C=O) groups is 3. The fraction of sp³-hybridized carbons (Fsp3) is 0.540. The van der Waals surface area contributed by atoms with E-state index in [2.05, 4.69) is 118 Å². The Bertz CT molecular complexity index is 1610. The summed E-state index contributed by atoms with van der Waals surface area (Å²) in [6.45, 7) is 6.25. The standard InChI is InChI=1S/C63H96O6/c1-4-7-10-13-16-19-22-25-28-30-31-33-35-38-41-44-47-50-53-56-62(65)68-59-60(58-67-61(64)55-52-49-46-43-40-37-34-27-24-21-18-15-12-9-6-3)69-63(66)57-54-51-48-45-42-39-36-32-29-26-23-20-17-14-11-8-5-2/h7-8,10-11,14,16-21,23-29,31-33,36,38-39,41-42,60H,4-6,9,12-13,15,22,30,34-35,37,40,43-59H2,1-3H3/b10-7-,11-8-,17-14-,19-16-,21-18-,23-20-,27-24-,28-25-,29-26-,33-31-,36-32+,41-38-,42-39-. The summed E-state index contributed by atoms with van der Waals surface area (Å²) >= 11 is 0. The van der Waals surface area contributed by atoms with Crippen LogP contribution in [0.3, 0.4) is 0 Å². The second-order valence-corrected chi connectivity index (χ2v) is 17.2. The van der Waals surface area contributed by atoms with Crippen LogP contribution in [0.15, 0.2) is 158 Å². The smallest absolute Gasteiger partial charge is 0.306 e. The quantitative estimate of drug-likeness (QED) is 0.0199. The van der Waals surface area contributed by atoms with E-state index in [0.717, 1.165) is 122 Å². The third-order valence-corrected chi connectivity index (χ3v) is 10.7. The molecular formula is C63H96O6. The minimum absolute atomic E-state index is 0.121. The molecule has 0 amide bonds. The number of carbonyl (C=O) groups excluding carboxylic acids is 3. The van der Waals surface area contributed by atoms with Gasteiger partial charge in [-0.3, -0.25) is 14.4 Å². The monoisotopic (exact) mass is 949 g/mol. The molecule has 6 heteroatoms. The van der Waals surface area contributed by atoms with E-state index in [4.69, 9.17) is 14.2 Å². The van der Waals surface area contributed by atoms with Gasteiger partial charge in [0.2, 0.25) is 0 Å². The van der Waals surface area contributed by atoms with Gasteiger partial charge in [-0.05, 0) is 109 Å². The first kappa shape index (κ1) is 64.0. The number of esters is 3. The zero-order valence-corrected chi connectivity index (χ0v) is 43.8. The summed E-state index contributed by atoms with van der Waals surface area (Å²) in [7, 11) is 0. The predicted molar refractivity (Wildman–Crippen MR) is 297 cm³/mol. The van der Waals surface area contributed by atoms with E-state index in [9.17, 15) is 14.4 Å². The zero-order valence-electron chi connectivity index (χ0n) is 43.8. The van der Waals surface area contributed by atoms with Crippen LogP contribution in [0.5, 0.6) is 0 Å². The van der Waals surface area contributed by atoms with Crippen molar-refractivity contribution in [2.24, 2.45) is 0 Å². The lowest BCUT2D eigenvalue weighted by atomic mass is 10.1. The summed E-state index contributed by atoms with van der Waals surface area (Å²) < 4.78 is 16.8. The van der Waals surface area contributed by atoms with Gasteiger partial charge in [-0.2, -0.15) is 0 Å². The fourth-order valence-corrected chi connectivity index (χ4v) is 6.67. The fourth-order valence-electron chi connectivity index (χ4n) is 6.67. The number of hydrogen-bond donors (Lipinski definition) is 0. The van der Waals surface area contributed by atoms with Gasteiger partial charge in [0.1, 0.15) is 13.2 Å². The average Bonchev–Trinajstić information content (AvgIpc) is 3.35. The van der Waals surface area contributed by atoms with Gasteiger partial charge in [0, 0.05) is 19.3 Å². The summed E-state index contributed by atoms with van der Waals surface area (Å²) in [4.78, 5) is 38.1. The Balaban J connectivity index is 4.60. The van der Waals surface area contributed by atoms with E-state index < -0.39 is 6.10 Å². The highest BCUT2D eigenvalue weighted by Gasteiger charge is 2.19. The molecule has 0 fully saturated rings. The molecule has 0 aliphatic rings. The van der Waals surface area contributed by atoms with Gasteiger partial charge < -0.3 is 14.2 Å². The molecule has 6 nitrogen and oxygen atoms in total. The molecule has 1 atom stereocenters. The Morgan fingerprint density at radius 3 is 1.09 bits per heavy atom. The Labute approximate surface area is 422 Å². The van der Waals surface area contributed by atoms with E-state index in [1.807, 2.05) is 60.8 Å². The minimum Gasteiger partial charge on any atom is -0.462 e. The third-order valence-electron chi connectivity index (χ3n) is 10.7. The molecule has 0 spiro atoms. The lowest BCUT2D eigenvalue weighted by Gasteiger charge is -2.18. The van der Waals surface area contributed by atoms with Crippen molar-refractivity contribution in [3.8, 4) is 0 Å². The molecular weight excluding hydrogens is 853 g/mol. The van der Waals surface area contributed by atoms with Crippen LogP contribution in [0.25, 0.3) is 0 Å². The maximum Gasteiger partial charge on any atom is 0.306 e. The van der Waals surface area contributed by atoms with E-state index in [-0.39, 0.29) is 37.5 Å². The Morgan fingerprint density at radius 1 is 0.319 bits per heavy atom. The van der Waals surface area contributed by atoms with Crippen LogP contribution in [-0.4, -0.2) is 37.2 Å². The van der Waals surface area contributed by atoms with Crippen molar-refractivity contribution in [1.29, 1.82) is 0 Å². The van der Waals surface area contributed by atoms with Gasteiger partial charge in [-0.15, -0.1) is 0 Å². The molecule has 1 unspecified atom stereocenters. The number of unbranched alkanes of at least 4 members (excludes halogenated alkanes) is 15. The molecule has 0 rings (SSSR count). The van der Waals surface area contributed by atoms with Gasteiger partial charge >= 0.3 is 17.9 Å². The Morgan fingerprint density at radius 2 is 0.638 bits per heavy atom. The topological polar surface area (TPSA) is 78.9 Å². The third kappa shape index (κ3) is 53.8. The molecule has 0 saturated carbocycles. The summed E-state index contributed by atoms with van der Waals surface area (Å²) in [5.41, 5.74) is 0. The molecule has 0 bridgehead atoms. The van der Waals surface area contributed by atoms with Crippen LogP contribution in [0, 0.1) is 0 Å². The van der Waals surface area contributed by atoms with Crippen molar-refractivity contribution < 1.29 is 28.6 Å². The molecule has 384 valence electrons. The van der Waals surface area contributed by atoms with E-state index >= 15 is 0 Å². The summed E-state index contributed by atoms with van der Waals surface area (Å²) in [5.74, 6) is -1.02. The second-order valence-electron chi connectivity index (χ2n) is 17.2. The molecule has 0 saturated heterocycles. The highest BCUT2D eigenvalue weighted by Crippen LogP contribution is 2.12. The van der Waals surface area contributed by atoms with Gasteiger partial charge in [-0.1, -0.05) is 230 Å². The highest BCUT2D eigenvalue weighted by molar-refractivity contribution is 5.71. The molecule has 0 aliphatic heterocycles. The summed E-state index contributed by atoms with van der Waals surface area (Å²) in [5, 5.41) is 0. The first-order chi connectivity index (χ1) is 34.0. The number of hydrogen-bond acceptors (Lipinski definition) is 6. The molecule has 0 radical (unpaired) electrons. The van der Waals surface area contributed by atoms with E-state index in [1.54, 1.807) is 0 Å². The first-order valence-corrected chi connectivity index (χ1v) is 27.1. The molecule has 0 aromatic heterocycles. The molecule has 69 heavy (non-hydrogen) atoms. The maximum atomic E-state index is 12.8. The van der Waals surface area contributed by atoms with E-state index in [0.29, 0.717) is 19.3 Å². The maximum absolute atomic E-state index is 12.8. The van der Waals surface area contributed by atoms with Crippen molar-refractivity contribution >= 4 is 17.9 Å². The van der Waals surface area contributed by atoms with Crippen molar-refractivity contribution in [3.63, 3.8) is 0 Å². The van der Waals surface area contributed by atoms with Gasteiger partial charge in [0.15, 0.2) is 6.10 Å². The zero-order chi connectivity index (χ0) is 50.0. The van der Waals surface area contributed by atoms with Crippen molar-refractivity contribution in [1.82, 2.24) is 0 Å². The van der Waals surface area contributed by atoms with Gasteiger partial charge in [-0.25, -0.2) is 0 Å². The van der Waals surface area contributed by atoms with Crippen LogP contribution in [0.2, 0.25) is 0 Å². The normalized spacial score (nSPS) is 13.4. The van der Waals surface area contributed by atoms with Crippen LogP contribution >= 0.6 is 0 Å². The molecule has 0 N–H and O–H groups in total. The summed E-state index contributed by atoms with van der Waals surface area (Å²) in [6, 6.07) is 0. The Hall–Kier alpha value is -4.97. The first-order valence-electron chi connectivity index (χ1n) is 27.1. The largest absolute Gasteiger partial charge is 0.462 e. The van der Waals surface area contributed by atoms with E-state index in [1.165, 1.54) is 32.1 Å². The van der Waals surface area contributed by atoms with Crippen LogP contribution in [0.1, 0.15) is 201 Å². The average molecular weight is 949 g/mol. The number of allylic oxidation sites excluding steroid dienone is 26. The van der Waals surface area contributed by atoms with Gasteiger partial charge in [0.05, 0.1) is 0 Å². The molecule has 0 aromatic rings. The summed E-state index contributed by atoms with van der Waals surface area (Å²) in [6.07, 6.45) is 80.7. The number of ether oxygens (including phenoxy) is 3. The Kier molecular flexibility index (Phi) is 51.6. The van der Waals surface area contributed by atoms with Crippen molar-refractivity contribution in [3.05, 3.63) is 158 Å². The lowest BCUT2D eigenvalue weighted by Crippen LogP contribution is -2.30. The molecule has 0 heterocycles.